The predicted molar refractivity (Wildman–Crippen MR) is 133 cm³/mol. The molecule has 0 unspecified atom stereocenters. The Bertz CT molecular complexity index is 1170. The molecule has 0 saturated heterocycles. The Balaban J connectivity index is 1.59. The van der Waals surface area contributed by atoms with E-state index in [0.29, 0.717) is 13.1 Å². The Labute approximate surface area is 213 Å². The summed E-state index contributed by atoms with van der Waals surface area (Å²) in [6, 6.07) is 16.2. The zero-order valence-electron chi connectivity index (χ0n) is 20.6. The van der Waals surface area contributed by atoms with Crippen LogP contribution in [-0.2, 0) is 44.8 Å². The first-order chi connectivity index (χ1) is 17.5. The van der Waals surface area contributed by atoms with Crippen LogP contribution in [0.15, 0.2) is 60.7 Å². The first-order valence-corrected chi connectivity index (χ1v) is 12.5. The largest absolute Gasteiger partial charge is 0.416 e. The summed E-state index contributed by atoms with van der Waals surface area (Å²) in [7, 11) is 0. The van der Waals surface area contributed by atoms with E-state index in [2.05, 4.69) is 41.4 Å². The van der Waals surface area contributed by atoms with Crippen LogP contribution in [0.2, 0.25) is 0 Å². The van der Waals surface area contributed by atoms with Crippen molar-refractivity contribution in [2.24, 2.45) is 0 Å². The van der Waals surface area contributed by atoms with Gasteiger partial charge in [0.15, 0.2) is 0 Å². The molecule has 0 spiro atoms. The fraction of sp³-hybridized carbons (Fsp3) is 0.379. The molecule has 0 bridgehead atoms. The number of benzene rings is 3. The summed E-state index contributed by atoms with van der Waals surface area (Å²) < 4.78 is 79.5. The van der Waals surface area contributed by atoms with E-state index in [1.165, 1.54) is 16.7 Å². The lowest BCUT2D eigenvalue weighted by Crippen LogP contribution is -2.26. The highest BCUT2D eigenvalue weighted by Crippen LogP contribution is 2.36. The monoisotopic (exact) mass is 520 g/mol. The molecular weight excluding hydrogens is 490 g/mol. The Kier molecular flexibility index (Phi) is 8.17. The van der Waals surface area contributed by atoms with Crippen LogP contribution < -0.4 is 10.2 Å². The lowest BCUT2D eigenvalue weighted by atomic mass is 10.0. The summed E-state index contributed by atoms with van der Waals surface area (Å²) in [6.45, 7) is 3.85. The highest BCUT2D eigenvalue weighted by molar-refractivity contribution is 5.59. The molecule has 1 aliphatic rings. The van der Waals surface area contributed by atoms with Gasteiger partial charge in [0.25, 0.3) is 0 Å². The van der Waals surface area contributed by atoms with E-state index in [0.717, 1.165) is 55.6 Å². The number of alkyl halides is 6. The molecule has 1 aliphatic carbocycles. The van der Waals surface area contributed by atoms with Crippen molar-refractivity contribution in [1.29, 1.82) is 0 Å². The predicted octanol–water partition coefficient (Wildman–Crippen LogP) is 7.92. The Hall–Kier alpha value is -3.00. The minimum Gasteiger partial charge on any atom is -0.367 e. The molecular formula is C29H30F6N2. The van der Waals surface area contributed by atoms with Crippen LogP contribution in [0.4, 0.5) is 32.0 Å². The minimum absolute atomic E-state index is 0.0560. The van der Waals surface area contributed by atoms with Crippen LogP contribution in [0.5, 0.6) is 0 Å². The van der Waals surface area contributed by atoms with Crippen LogP contribution in [0.25, 0.3) is 0 Å². The van der Waals surface area contributed by atoms with E-state index in [1.54, 1.807) is 0 Å². The quantitative estimate of drug-likeness (QED) is 0.288. The van der Waals surface area contributed by atoms with E-state index < -0.39 is 23.5 Å². The van der Waals surface area contributed by atoms with Crippen LogP contribution in [-0.4, -0.2) is 6.54 Å². The van der Waals surface area contributed by atoms with Crippen molar-refractivity contribution in [3.63, 3.8) is 0 Å². The number of hydrogen-bond acceptors (Lipinski definition) is 2. The number of nitrogens with zero attached hydrogens (tertiary/aromatic N) is 1. The lowest BCUT2D eigenvalue weighted by Gasteiger charge is -2.28. The van der Waals surface area contributed by atoms with Crippen molar-refractivity contribution >= 4 is 5.69 Å². The van der Waals surface area contributed by atoms with Gasteiger partial charge in [-0.1, -0.05) is 43.3 Å². The molecule has 8 heteroatoms. The third kappa shape index (κ3) is 6.86. The molecule has 4 rings (SSSR count). The summed E-state index contributed by atoms with van der Waals surface area (Å²) in [4.78, 5) is 2.30. The molecule has 3 aromatic rings. The number of anilines is 1. The fourth-order valence-electron chi connectivity index (χ4n) is 4.92. The average Bonchev–Trinajstić information content (AvgIpc) is 3.30. The summed E-state index contributed by atoms with van der Waals surface area (Å²) >= 11 is 0. The third-order valence-electron chi connectivity index (χ3n) is 6.64. The Morgan fingerprint density at radius 2 is 1.38 bits per heavy atom. The molecule has 0 aliphatic heterocycles. The van der Waals surface area contributed by atoms with Gasteiger partial charge in [-0.2, -0.15) is 26.3 Å². The van der Waals surface area contributed by atoms with Gasteiger partial charge in [-0.3, -0.25) is 0 Å². The van der Waals surface area contributed by atoms with Gasteiger partial charge in [-0.05, 0) is 77.8 Å². The highest BCUT2D eigenvalue weighted by Gasteiger charge is 2.36. The van der Waals surface area contributed by atoms with Crippen LogP contribution in [0.1, 0.15) is 58.7 Å². The van der Waals surface area contributed by atoms with Gasteiger partial charge in [0.2, 0.25) is 0 Å². The second-order valence-electron chi connectivity index (χ2n) is 9.53. The Morgan fingerprint density at radius 3 is 1.97 bits per heavy atom. The second-order valence-corrected chi connectivity index (χ2v) is 9.53. The second kappa shape index (κ2) is 11.2. The smallest absolute Gasteiger partial charge is 0.367 e. The van der Waals surface area contributed by atoms with E-state index in [4.69, 9.17) is 0 Å². The molecule has 0 heterocycles. The maximum atomic E-state index is 13.3. The van der Waals surface area contributed by atoms with Gasteiger partial charge in [0.1, 0.15) is 0 Å². The molecule has 1 N–H and O–H groups in total. The number of fused-ring (bicyclic) bond motifs is 1. The first-order valence-electron chi connectivity index (χ1n) is 12.5. The highest BCUT2D eigenvalue weighted by atomic mass is 19.4. The molecule has 2 nitrogen and oxygen atoms in total. The van der Waals surface area contributed by atoms with Crippen molar-refractivity contribution in [3.8, 4) is 0 Å². The lowest BCUT2D eigenvalue weighted by molar-refractivity contribution is -0.143. The maximum Gasteiger partial charge on any atom is 0.416 e. The number of halogens is 6. The van der Waals surface area contributed by atoms with Gasteiger partial charge < -0.3 is 10.2 Å². The standard InChI is InChI=1S/C29H30F6N2/c1-2-11-37(19-20-7-4-3-5-8-20)27-15-23-10-6-9-22(23)14-24(27)18-36-17-21-12-25(28(30,31)32)16-26(13-21)29(33,34)35/h3-5,7-8,12-16,36H,2,6,9-11,17-19H2,1H3. The number of nitrogens with one attached hydrogen (secondary N) is 1. The van der Waals surface area contributed by atoms with E-state index in [9.17, 15) is 26.3 Å². The topological polar surface area (TPSA) is 15.3 Å². The van der Waals surface area contributed by atoms with Crippen molar-refractivity contribution < 1.29 is 26.3 Å². The molecule has 37 heavy (non-hydrogen) atoms. The van der Waals surface area contributed by atoms with Crippen molar-refractivity contribution in [3.05, 3.63) is 99.6 Å². The summed E-state index contributed by atoms with van der Waals surface area (Å²) in [6.07, 6.45) is -5.74. The van der Waals surface area contributed by atoms with Crippen LogP contribution in [0, 0.1) is 0 Å². The van der Waals surface area contributed by atoms with Crippen LogP contribution in [0.3, 0.4) is 0 Å². The van der Waals surface area contributed by atoms with Crippen molar-refractivity contribution in [2.45, 2.75) is 64.6 Å². The number of rotatable bonds is 9. The first kappa shape index (κ1) is 27.0. The SMILES string of the molecule is CCCN(Cc1ccccc1)c1cc2c(cc1CNCc1cc(C(F)(F)F)cc(C(F)(F)F)c1)CCC2. The number of hydrogen-bond donors (Lipinski definition) is 1. The van der Waals surface area contributed by atoms with Gasteiger partial charge >= 0.3 is 12.4 Å². The molecule has 0 aromatic heterocycles. The van der Waals surface area contributed by atoms with Crippen molar-refractivity contribution in [1.82, 2.24) is 5.32 Å². The zero-order valence-corrected chi connectivity index (χ0v) is 20.6. The fourth-order valence-corrected chi connectivity index (χ4v) is 4.92. The Morgan fingerprint density at radius 1 is 0.757 bits per heavy atom. The van der Waals surface area contributed by atoms with Gasteiger partial charge in [0.05, 0.1) is 11.1 Å². The molecule has 0 amide bonds. The third-order valence-corrected chi connectivity index (χ3v) is 6.64. The molecule has 0 radical (unpaired) electrons. The average molecular weight is 521 g/mol. The minimum atomic E-state index is -4.86. The zero-order chi connectivity index (χ0) is 26.6. The van der Waals surface area contributed by atoms with Gasteiger partial charge in [0, 0.05) is 31.9 Å². The van der Waals surface area contributed by atoms with E-state index in [1.807, 2.05) is 18.2 Å². The molecule has 0 saturated carbocycles. The molecule has 3 aromatic carbocycles. The van der Waals surface area contributed by atoms with Gasteiger partial charge in [-0.25, -0.2) is 0 Å². The van der Waals surface area contributed by atoms with Crippen molar-refractivity contribution in [2.75, 3.05) is 11.4 Å². The summed E-state index contributed by atoms with van der Waals surface area (Å²) in [5.41, 5.74) is 3.13. The molecule has 0 atom stereocenters. The van der Waals surface area contributed by atoms with Gasteiger partial charge in [-0.15, -0.1) is 0 Å². The van der Waals surface area contributed by atoms with E-state index in [-0.39, 0.29) is 18.2 Å². The molecule has 0 fully saturated rings. The van der Waals surface area contributed by atoms with Crippen LogP contribution >= 0.6 is 0 Å². The summed E-state index contributed by atoms with van der Waals surface area (Å²) in [5, 5.41) is 3.11. The molecule has 198 valence electrons. The summed E-state index contributed by atoms with van der Waals surface area (Å²) in [5.74, 6) is 0. The maximum absolute atomic E-state index is 13.3. The normalized spacial score (nSPS) is 13.6. The number of aryl methyl sites for hydroxylation is 2. The van der Waals surface area contributed by atoms with E-state index >= 15 is 0 Å².